The van der Waals surface area contributed by atoms with E-state index in [1.165, 1.54) is 5.56 Å². The van der Waals surface area contributed by atoms with Crippen molar-refractivity contribution in [2.45, 2.75) is 39.8 Å². The van der Waals surface area contributed by atoms with Crippen LogP contribution in [0.1, 0.15) is 31.4 Å². The van der Waals surface area contributed by atoms with Crippen molar-refractivity contribution < 1.29 is 4.74 Å². The lowest BCUT2D eigenvalue weighted by molar-refractivity contribution is 0.411. The number of aliphatic imine (C=N–C) groups is 1. The summed E-state index contributed by atoms with van der Waals surface area (Å²) in [6, 6.07) is 6.61. The number of hydrogen-bond acceptors (Lipinski definition) is 2. The summed E-state index contributed by atoms with van der Waals surface area (Å²) in [6.45, 7) is 7.09. The molecule has 0 radical (unpaired) electrons. The molecule has 0 amide bonds. The van der Waals surface area contributed by atoms with E-state index in [4.69, 9.17) is 4.74 Å². The van der Waals surface area contributed by atoms with Gasteiger partial charge in [-0.1, -0.05) is 19.1 Å². The maximum atomic E-state index is 5.26. The van der Waals surface area contributed by atoms with Gasteiger partial charge in [0.15, 0.2) is 5.96 Å². The number of guanidine groups is 1. The molecule has 0 aliphatic rings. The molecule has 0 aliphatic carbocycles. The van der Waals surface area contributed by atoms with E-state index in [1.54, 1.807) is 14.2 Å². The van der Waals surface area contributed by atoms with Crippen LogP contribution in [-0.4, -0.2) is 26.2 Å². The van der Waals surface area contributed by atoms with Crippen molar-refractivity contribution in [3.8, 4) is 5.75 Å². The Bertz CT molecular complexity index is 429. The first kappa shape index (κ1) is 15.3. The van der Waals surface area contributed by atoms with Crippen molar-refractivity contribution in [3.63, 3.8) is 0 Å². The van der Waals surface area contributed by atoms with E-state index in [2.05, 4.69) is 48.5 Å². The standard InChI is InChI=1S/C15H25N3O/c1-6-12(3)18-15(16-4)17-10-13-7-8-14(19-5)11(2)9-13/h7-9,12H,6,10H2,1-5H3,(H2,16,17,18). The zero-order chi connectivity index (χ0) is 14.3. The molecule has 4 heteroatoms. The molecule has 2 N–H and O–H groups in total. The molecular formula is C15H25N3O. The van der Waals surface area contributed by atoms with Crippen LogP contribution in [-0.2, 0) is 6.54 Å². The second kappa shape index (κ2) is 7.67. The normalized spacial score (nSPS) is 13.0. The Morgan fingerprint density at radius 1 is 1.42 bits per heavy atom. The van der Waals surface area contributed by atoms with Gasteiger partial charge in [0.2, 0.25) is 0 Å². The lowest BCUT2D eigenvalue weighted by Crippen LogP contribution is -2.41. The monoisotopic (exact) mass is 263 g/mol. The van der Waals surface area contributed by atoms with Crippen LogP contribution in [0.2, 0.25) is 0 Å². The van der Waals surface area contributed by atoms with E-state index >= 15 is 0 Å². The predicted molar refractivity (Wildman–Crippen MR) is 80.8 cm³/mol. The molecule has 1 unspecified atom stereocenters. The first-order valence-corrected chi connectivity index (χ1v) is 6.71. The van der Waals surface area contributed by atoms with Crippen LogP contribution >= 0.6 is 0 Å². The Labute approximate surface area is 116 Å². The second-order valence-electron chi connectivity index (χ2n) is 4.68. The van der Waals surface area contributed by atoms with Gasteiger partial charge < -0.3 is 15.4 Å². The van der Waals surface area contributed by atoms with Gasteiger partial charge in [0.05, 0.1) is 7.11 Å². The fourth-order valence-corrected chi connectivity index (χ4v) is 1.77. The van der Waals surface area contributed by atoms with Gasteiger partial charge in [0, 0.05) is 19.6 Å². The summed E-state index contributed by atoms with van der Waals surface area (Å²) < 4.78 is 5.26. The van der Waals surface area contributed by atoms with E-state index in [-0.39, 0.29) is 0 Å². The van der Waals surface area contributed by atoms with Gasteiger partial charge in [-0.15, -0.1) is 0 Å². The van der Waals surface area contributed by atoms with Crippen molar-refractivity contribution in [3.05, 3.63) is 29.3 Å². The minimum Gasteiger partial charge on any atom is -0.496 e. The van der Waals surface area contributed by atoms with E-state index in [0.29, 0.717) is 6.04 Å². The van der Waals surface area contributed by atoms with Gasteiger partial charge in [-0.25, -0.2) is 0 Å². The van der Waals surface area contributed by atoms with Crippen molar-refractivity contribution in [1.82, 2.24) is 10.6 Å². The second-order valence-corrected chi connectivity index (χ2v) is 4.68. The van der Waals surface area contributed by atoms with Gasteiger partial charge >= 0.3 is 0 Å². The van der Waals surface area contributed by atoms with Crippen LogP contribution in [0.4, 0.5) is 0 Å². The number of ether oxygens (including phenoxy) is 1. The maximum Gasteiger partial charge on any atom is 0.191 e. The van der Waals surface area contributed by atoms with Crippen LogP contribution in [0.5, 0.6) is 5.75 Å². The van der Waals surface area contributed by atoms with Crippen molar-refractivity contribution in [1.29, 1.82) is 0 Å². The van der Waals surface area contributed by atoms with Gasteiger partial charge in [0.25, 0.3) is 0 Å². The van der Waals surface area contributed by atoms with E-state index in [9.17, 15) is 0 Å². The predicted octanol–water partition coefficient (Wildman–Crippen LogP) is 2.47. The zero-order valence-electron chi connectivity index (χ0n) is 12.6. The maximum absolute atomic E-state index is 5.26. The van der Waals surface area contributed by atoms with Crippen LogP contribution in [0, 0.1) is 6.92 Å². The third kappa shape index (κ3) is 4.81. The third-order valence-electron chi connectivity index (χ3n) is 3.14. The summed E-state index contributed by atoms with van der Waals surface area (Å²) in [5.74, 6) is 1.76. The minimum atomic E-state index is 0.420. The summed E-state index contributed by atoms with van der Waals surface area (Å²) in [5.41, 5.74) is 2.36. The van der Waals surface area contributed by atoms with Gasteiger partial charge in [-0.2, -0.15) is 0 Å². The summed E-state index contributed by atoms with van der Waals surface area (Å²) in [4.78, 5) is 4.22. The number of nitrogens with zero attached hydrogens (tertiary/aromatic N) is 1. The van der Waals surface area contributed by atoms with E-state index in [1.807, 2.05) is 6.07 Å². The molecule has 0 aliphatic heterocycles. The van der Waals surface area contributed by atoms with Crippen molar-refractivity contribution >= 4 is 5.96 Å². The molecule has 0 spiro atoms. The van der Waals surface area contributed by atoms with Gasteiger partial charge in [-0.3, -0.25) is 4.99 Å². The summed E-state index contributed by atoms with van der Waals surface area (Å²) in [5, 5.41) is 6.65. The largest absolute Gasteiger partial charge is 0.496 e. The summed E-state index contributed by atoms with van der Waals surface area (Å²) in [7, 11) is 3.48. The molecule has 0 fully saturated rings. The number of nitrogens with one attached hydrogen (secondary N) is 2. The minimum absolute atomic E-state index is 0.420. The molecule has 1 aromatic rings. The highest BCUT2D eigenvalue weighted by atomic mass is 16.5. The average Bonchev–Trinajstić information content (AvgIpc) is 2.43. The third-order valence-corrected chi connectivity index (χ3v) is 3.14. The molecule has 106 valence electrons. The zero-order valence-corrected chi connectivity index (χ0v) is 12.6. The quantitative estimate of drug-likeness (QED) is 0.633. The fraction of sp³-hybridized carbons (Fsp3) is 0.533. The summed E-state index contributed by atoms with van der Waals surface area (Å²) in [6.07, 6.45) is 1.07. The highest BCUT2D eigenvalue weighted by molar-refractivity contribution is 5.79. The molecule has 1 atom stereocenters. The Morgan fingerprint density at radius 2 is 2.16 bits per heavy atom. The molecule has 0 saturated heterocycles. The van der Waals surface area contributed by atoms with Crippen LogP contribution in [0.15, 0.2) is 23.2 Å². The number of benzene rings is 1. The van der Waals surface area contributed by atoms with Crippen LogP contribution in [0.25, 0.3) is 0 Å². The topological polar surface area (TPSA) is 45.7 Å². The number of rotatable bonds is 5. The van der Waals surface area contributed by atoms with Crippen LogP contribution in [0.3, 0.4) is 0 Å². The molecule has 1 aromatic carbocycles. The van der Waals surface area contributed by atoms with Crippen molar-refractivity contribution in [2.24, 2.45) is 4.99 Å². The highest BCUT2D eigenvalue weighted by Crippen LogP contribution is 2.18. The molecule has 0 aromatic heterocycles. The van der Waals surface area contributed by atoms with Gasteiger partial charge in [0.1, 0.15) is 5.75 Å². The molecule has 0 bridgehead atoms. The smallest absolute Gasteiger partial charge is 0.191 e. The lowest BCUT2D eigenvalue weighted by atomic mass is 10.1. The number of methoxy groups -OCH3 is 1. The number of hydrogen-bond donors (Lipinski definition) is 2. The average molecular weight is 263 g/mol. The lowest BCUT2D eigenvalue weighted by Gasteiger charge is -2.16. The van der Waals surface area contributed by atoms with Crippen LogP contribution < -0.4 is 15.4 Å². The first-order valence-electron chi connectivity index (χ1n) is 6.71. The molecule has 0 heterocycles. The van der Waals surface area contributed by atoms with Crippen molar-refractivity contribution in [2.75, 3.05) is 14.2 Å². The molecule has 1 rings (SSSR count). The Kier molecular flexibility index (Phi) is 6.19. The fourth-order valence-electron chi connectivity index (χ4n) is 1.77. The molecule has 4 nitrogen and oxygen atoms in total. The Balaban J connectivity index is 2.58. The Hall–Kier alpha value is -1.71. The Morgan fingerprint density at radius 3 is 2.68 bits per heavy atom. The first-order chi connectivity index (χ1) is 9.10. The van der Waals surface area contributed by atoms with Gasteiger partial charge in [-0.05, 0) is 37.5 Å². The molecule has 0 saturated carbocycles. The highest BCUT2D eigenvalue weighted by Gasteiger charge is 2.04. The number of aryl methyl sites for hydroxylation is 1. The molecule has 19 heavy (non-hydrogen) atoms. The summed E-state index contributed by atoms with van der Waals surface area (Å²) >= 11 is 0. The SMILES string of the molecule is CCC(C)NC(=NC)NCc1ccc(OC)c(C)c1. The molecular weight excluding hydrogens is 238 g/mol. The van der Waals surface area contributed by atoms with E-state index in [0.717, 1.165) is 30.2 Å². The van der Waals surface area contributed by atoms with E-state index < -0.39 is 0 Å².